The van der Waals surface area contributed by atoms with E-state index in [0.29, 0.717) is 29.9 Å². The molecule has 0 saturated heterocycles. The van der Waals surface area contributed by atoms with E-state index in [1.807, 2.05) is 25.5 Å². The number of rotatable bonds is 7. The summed E-state index contributed by atoms with van der Waals surface area (Å²) in [6.45, 7) is 7.40. The molecule has 1 aromatic rings. The number of hydrogen-bond donors (Lipinski definition) is 0. The van der Waals surface area contributed by atoms with Gasteiger partial charge in [-0.1, -0.05) is 11.6 Å². The number of ether oxygens (including phenoxy) is 1. The van der Waals surface area contributed by atoms with E-state index in [1.165, 1.54) is 0 Å². The second kappa shape index (κ2) is 6.72. The lowest BCUT2D eigenvalue weighted by molar-refractivity contribution is -0.121. The molecule has 0 aliphatic heterocycles. The molecule has 0 unspecified atom stereocenters. The molecule has 0 atom stereocenters. The zero-order valence-corrected chi connectivity index (χ0v) is 13.2. The molecule has 0 aromatic carbocycles. The fraction of sp³-hybridized carbons (Fsp3) is 0.733. The van der Waals surface area contributed by atoms with Crippen LogP contribution in [0, 0.1) is 12.8 Å². The van der Waals surface area contributed by atoms with Gasteiger partial charge in [0.25, 0.3) is 0 Å². The standard InChI is InChI=1S/C15H23ClN2O2/c1-4-18-14(15(16)10(3)17-18)9-12(19)6-11-7-13(8-11)20-5-2/h11,13H,4-9H2,1-3H3. The highest BCUT2D eigenvalue weighted by Gasteiger charge is 2.31. The van der Waals surface area contributed by atoms with Crippen LogP contribution in [-0.2, 0) is 22.5 Å². The number of ketones is 1. The first-order valence-electron chi connectivity index (χ1n) is 7.40. The summed E-state index contributed by atoms with van der Waals surface area (Å²) in [5.74, 6) is 0.735. The SMILES string of the molecule is CCOC1CC(CC(=O)Cc2c(Cl)c(C)nn2CC)C1. The van der Waals surface area contributed by atoms with Gasteiger partial charge in [-0.2, -0.15) is 5.10 Å². The lowest BCUT2D eigenvalue weighted by atomic mass is 9.78. The predicted molar refractivity (Wildman–Crippen MR) is 79.1 cm³/mol. The molecule has 1 aromatic heterocycles. The van der Waals surface area contributed by atoms with Crippen LogP contribution in [-0.4, -0.2) is 28.3 Å². The second-order valence-electron chi connectivity index (χ2n) is 5.50. The molecule has 1 aliphatic rings. The molecule has 0 bridgehead atoms. The molecule has 20 heavy (non-hydrogen) atoms. The van der Waals surface area contributed by atoms with Crippen LogP contribution in [0.3, 0.4) is 0 Å². The van der Waals surface area contributed by atoms with Gasteiger partial charge in [-0.3, -0.25) is 9.48 Å². The number of carbonyl (C=O) groups excluding carboxylic acids is 1. The van der Waals surface area contributed by atoms with Crippen LogP contribution in [0.4, 0.5) is 0 Å². The van der Waals surface area contributed by atoms with Crippen molar-refractivity contribution in [1.29, 1.82) is 0 Å². The van der Waals surface area contributed by atoms with Gasteiger partial charge in [-0.15, -0.1) is 0 Å². The molecule has 0 radical (unpaired) electrons. The Morgan fingerprint density at radius 1 is 1.45 bits per heavy atom. The zero-order valence-electron chi connectivity index (χ0n) is 12.5. The average molecular weight is 299 g/mol. The van der Waals surface area contributed by atoms with Crippen molar-refractivity contribution < 1.29 is 9.53 Å². The Kier molecular flexibility index (Phi) is 5.22. The third kappa shape index (κ3) is 3.41. The van der Waals surface area contributed by atoms with Crippen LogP contribution in [0.25, 0.3) is 0 Å². The van der Waals surface area contributed by atoms with Crippen LogP contribution in [0.1, 0.15) is 44.5 Å². The van der Waals surface area contributed by atoms with E-state index in [2.05, 4.69) is 5.10 Å². The number of hydrogen-bond acceptors (Lipinski definition) is 3. The van der Waals surface area contributed by atoms with Gasteiger partial charge in [0.15, 0.2) is 0 Å². The van der Waals surface area contributed by atoms with E-state index in [0.717, 1.165) is 37.4 Å². The number of nitrogens with zero attached hydrogens (tertiary/aromatic N) is 2. The van der Waals surface area contributed by atoms with Gasteiger partial charge in [-0.25, -0.2) is 0 Å². The minimum atomic E-state index is 0.251. The van der Waals surface area contributed by atoms with Gasteiger partial charge in [-0.05, 0) is 39.5 Å². The van der Waals surface area contributed by atoms with Crippen LogP contribution >= 0.6 is 11.6 Å². The van der Waals surface area contributed by atoms with E-state index in [-0.39, 0.29) is 5.78 Å². The number of carbonyl (C=O) groups is 1. The molecule has 0 amide bonds. The molecule has 0 spiro atoms. The van der Waals surface area contributed by atoms with Gasteiger partial charge in [0, 0.05) is 26.0 Å². The normalized spacial score (nSPS) is 21.8. The second-order valence-corrected chi connectivity index (χ2v) is 5.87. The first kappa shape index (κ1) is 15.5. The van der Waals surface area contributed by atoms with Crippen molar-refractivity contribution in [2.75, 3.05) is 6.61 Å². The van der Waals surface area contributed by atoms with Gasteiger partial charge < -0.3 is 4.74 Å². The Balaban J connectivity index is 1.86. The van der Waals surface area contributed by atoms with Gasteiger partial charge >= 0.3 is 0 Å². The number of aromatic nitrogens is 2. The molecule has 1 saturated carbocycles. The molecular formula is C15H23ClN2O2. The highest BCUT2D eigenvalue weighted by molar-refractivity contribution is 6.32. The highest BCUT2D eigenvalue weighted by Crippen LogP contribution is 2.33. The van der Waals surface area contributed by atoms with Crippen LogP contribution in [0.5, 0.6) is 0 Å². The van der Waals surface area contributed by atoms with E-state index in [9.17, 15) is 4.79 Å². The quantitative estimate of drug-likeness (QED) is 0.776. The van der Waals surface area contributed by atoms with Crippen molar-refractivity contribution in [3.05, 3.63) is 16.4 Å². The number of aryl methyl sites for hydroxylation is 2. The number of halogens is 1. The maximum Gasteiger partial charge on any atom is 0.139 e. The molecule has 1 fully saturated rings. The smallest absolute Gasteiger partial charge is 0.139 e. The van der Waals surface area contributed by atoms with Crippen LogP contribution < -0.4 is 0 Å². The molecule has 112 valence electrons. The van der Waals surface area contributed by atoms with E-state index in [4.69, 9.17) is 16.3 Å². The van der Waals surface area contributed by atoms with Crippen molar-refractivity contribution in [3.63, 3.8) is 0 Å². The summed E-state index contributed by atoms with van der Waals surface area (Å²) in [5.41, 5.74) is 1.66. The van der Waals surface area contributed by atoms with Crippen molar-refractivity contribution in [2.45, 2.75) is 59.1 Å². The third-order valence-corrected chi connectivity index (χ3v) is 4.42. The summed E-state index contributed by atoms with van der Waals surface area (Å²) in [6, 6.07) is 0. The Bertz CT molecular complexity index is 478. The maximum absolute atomic E-state index is 12.2. The number of Topliss-reactive ketones (excluding diaryl/α,β-unsaturated/α-hetero) is 1. The molecule has 5 heteroatoms. The Hall–Kier alpha value is -0.870. The van der Waals surface area contributed by atoms with Gasteiger partial charge in [0.1, 0.15) is 5.78 Å². The van der Waals surface area contributed by atoms with E-state index in [1.54, 1.807) is 0 Å². The fourth-order valence-corrected chi connectivity index (χ4v) is 3.03. The minimum Gasteiger partial charge on any atom is -0.378 e. The van der Waals surface area contributed by atoms with E-state index < -0.39 is 0 Å². The third-order valence-electron chi connectivity index (χ3n) is 3.93. The maximum atomic E-state index is 12.2. The average Bonchev–Trinajstić information content (AvgIpc) is 2.64. The Morgan fingerprint density at radius 2 is 2.15 bits per heavy atom. The zero-order chi connectivity index (χ0) is 14.7. The predicted octanol–water partition coefficient (Wildman–Crippen LogP) is 3.18. The molecule has 4 nitrogen and oxygen atoms in total. The van der Waals surface area contributed by atoms with Crippen molar-refractivity contribution >= 4 is 17.4 Å². The van der Waals surface area contributed by atoms with Crippen molar-refractivity contribution in [3.8, 4) is 0 Å². The molecule has 1 aliphatic carbocycles. The molecule has 0 N–H and O–H groups in total. The largest absolute Gasteiger partial charge is 0.378 e. The lowest BCUT2D eigenvalue weighted by Crippen LogP contribution is -2.33. The highest BCUT2D eigenvalue weighted by atomic mass is 35.5. The van der Waals surface area contributed by atoms with Crippen molar-refractivity contribution in [2.24, 2.45) is 5.92 Å². The topological polar surface area (TPSA) is 44.1 Å². The summed E-state index contributed by atoms with van der Waals surface area (Å²) >= 11 is 6.23. The van der Waals surface area contributed by atoms with Gasteiger partial charge in [0.05, 0.1) is 22.5 Å². The van der Waals surface area contributed by atoms with E-state index >= 15 is 0 Å². The molecular weight excluding hydrogens is 276 g/mol. The lowest BCUT2D eigenvalue weighted by Gasteiger charge is -2.34. The Morgan fingerprint density at radius 3 is 2.75 bits per heavy atom. The molecule has 2 rings (SSSR count). The fourth-order valence-electron chi connectivity index (χ4n) is 2.83. The Labute approximate surface area is 125 Å². The van der Waals surface area contributed by atoms with Crippen molar-refractivity contribution in [1.82, 2.24) is 9.78 Å². The summed E-state index contributed by atoms with van der Waals surface area (Å²) in [7, 11) is 0. The summed E-state index contributed by atoms with van der Waals surface area (Å²) < 4.78 is 7.35. The molecule has 1 heterocycles. The van der Waals surface area contributed by atoms with Crippen LogP contribution in [0.15, 0.2) is 0 Å². The summed E-state index contributed by atoms with van der Waals surface area (Å²) in [6.07, 6.45) is 3.42. The summed E-state index contributed by atoms with van der Waals surface area (Å²) in [4.78, 5) is 12.2. The van der Waals surface area contributed by atoms with Crippen LogP contribution in [0.2, 0.25) is 5.02 Å². The minimum absolute atomic E-state index is 0.251. The van der Waals surface area contributed by atoms with Gasteiger partial charge in [0.2, 0.25) is 0 Å². The first-order chi connectivity index (χ1) is 9.55. The first-order valence-corrected chi connectivity index (χ1v) is 7.78. The summed E-state index contributed by atoms with van der Waals surface area (Å²) in [5, 5.41) is 4.98. The monoisotopic (exact) mass is 298 g/mol.